The third-order valence-electron chi connectivity index (χ3n) is 12.1. The topological polar surface area (TPSA) is 213 Å². The van der Waals surface area contributed by atoms with Crippen LogP contribution in [0.15, 0.2) is 60.7 Å². The number of hydrogen-bond acceptors (Lipinski definition) is 14. The number of ether oxygens (including phenoxy) is 3. The summed E-state index contributed by atoms with van der Waals surface area (Å²) in [7, 11) is 1.66. The lowest BCUT2D eigenvalue weighted by Crippen LogP contribution is -2.54. The molecular weight excluding hydrogens is 903 g/mol. The quantitative estimate of drug-likeness (QED) is 0.0797. The first-order chi connectivity index (χ1) is 32.8. The van der Waals surface area contributed by atoms with Gasteiger partial charge in [-0.25, -0.2) is 9.37 Å². The van der Waals surface area contributed by atoms with E-state index in [2.05, 4.69) is 15.6 Å². The number of nitrogens with one attached hydrogen (secondary N) is 2. The number of halogens is 2. The number of anilines is 2. The number of nitrogens with zero attached hydrogens (tertiary/aromatic N) is 6. The number of imide groups is 2. The molecule has 18 nitrogen and oxygen atoms in total. The fraction of sp³-hybridized carbons (Fsp3) is 0.375. The minimum absolute atomic E-state index is 0.00517. The van der Waals surface area contributed by atoms with Gasteiger partial charge in [-0.3, -0.25) is 39.0 Å². The number of carbonyl (C=O) groups is 6. The number of phenolic OH excluding ortho intramolecular Hbond substituents is 1. The molecule has 0 saturated carbocycles. The average molecular weight is 953 g/mol. The molecule has 2 fully saturated rings. The Balaban J connectivity index is 0.812. The van der Waals surface area contributed by atoms with Crippen LogP contribution in [0.2, 0.25) is 5.02 Å². The van der Waals surface area contributed by atoms with Crippen molar-refractivity contribution in [2.75, 3.05) is 89.6 Å². The van der Waals surface area contributed by atoms with Crippen LogP contribution in [0, 0.1) is 5.82 Å². The zero-order valence-electron chi connectivity index (χ0n) is 37.5. The highest BCUT2D eigenvalue weighted by Crippen LogP contribution is 2.42. The number of likely N-dealkylation sites (N-methyl/N-ethyl adjacent to an activating group) is 1. The number of fused-ring (bicyclic) bond motifs is 3. The van der Waals surface area contributed by atoms with E-state index < -0.39 is 35.5 Å². The fourth-order valence-corrected chi connectivity index (χ4v) is 8.81. The molecule has 0 aliphatic carbocycles. The molecule has 8 rings (SSSR count). The summed E-state index contributed by atoms with van der Waals surface area (Å²) in [5.41, 5.74) is 0.757. The van der Waals surface area contributed by atoms with Gasteiger partial charge in [-0.15, -0.1) is 0 Å². The summed E-state index contributed by atoms with van der Waals surface area (Å²) in [6, 6.07) is 15.4. The Morgan fingerprint density at radius 3 is 2.40 bits per heavy atom. The third-order valence-corrected chi connectivity index (χ3v) is 12.4. The van der Waals surface area contributed by atoms with Gasteiger partial charge in [0.2, 0.25) is 29.6 Å². The lowest BCUT2D eigenvalue weighted by molar-refractivity contribution is -0.136. The van der Waals surface area contributed by atoms with Gasteiger partial charge in [-0.2, -0.15) is 4.98 Å². The van der Waals surface area contributed by atoms with Gasteiger partial charge in [0.25, 0.3) is 11.8 Å². The van der Waals surface area contributed by atoms with Crippen molar-refractivity contribution in [2.24, 2.45) is 0 Å². The van der Waals surface area contributed by atoms with E-state index in [4.69, 9.17) is 30.8 Å². The molecule has 0 bridgehead atoms. The number of aromatic nitrogens is 2. The molecule has 0 spiro atoms. The van der Waals surface area contributed by atoms with Crippen molar-refractivity contribution in [3.8, 4) is 22.6 Å². The van der Waals surface area contributed by atoms with Gasteiger partial charge in [0.15, 0.2) is 5.82 Å². The van der Waals surface area contributed by atoms with Crippen LogP contribution in [-0.4, -0.2) is 151 Å². The molecule has 68 heavy (non-hydrogen) atoms. The van der Waals surface area contributed by atoms with Crippen LogP contribution in [0.1, 0.15) is 53.3 Å². The van der Waals surface area contributed by atoms with Crippen LogP contribution in [0.4, 0.5) is 16.2 Å². The molecule has 20 heteroatoms. The first-order valence-corrected chi connectivity index (χ1v) is 22.8. The maximum absolute atomic E-state index is 16.9. The van der Waals surface area contributed by atoms with Crippen molar-refractivity contribution >= 4 is 80.5 Å². The number of hydrogen-bond donors (Lipinski definition) is 3. The van der Waals surface area contributed by atoms with Crippen LogP contribution in [0.3, 0.4) is 0 Å². The first-order valence-electron chi connectivity index (χ1n) is 22.4. The van der Waals surface area contributed by atoms with Gasteiger partial charge < -0.3 is 39.3 Å². The predicted molar refractivity (Wildman–Crippen MR) is 249 cm³/mol. The van der Waals surface area contributed by atoms with Crippen molar-refractivity contribution < 1.29 is 52.5 Å². The molecule has 1 aromatic heterocycles. The maximum Gasteiger partial charge on any atom is 0.262 e. The molecule has 4 heterocycles. The Labute approximate surface area is 395 Å². The van der Waals surface area contributed by atoms with E-state index >= 15 is 4.39 Å². The summed E-state index contributed by atoms with van der Waals surface area (Å²) in [6.45, 7) is 5.20. The van der Waals surface area contributed by atoms with Gasteiger partial charge in [0, 0.05) is 76.5 Å². The number of phenols is 1. The van der Waals surface area contributed by atoms with Crippen LogP contribution in [-0.2, 0) is 28.7 Å². The molecule has 3 aliphatic heterocycles. The molecule has 1 unspecified atom stereocenters. The third kappa shape index (κ3) is 10.1. The second kappa shape index (κ2) is 20.9. The Morgan fingerprint density at radius 1 is 0.897 bits per heavy atom. The van der Waals surface area contributed by atoms with E-state index in [9.17, 15) is 33.9 Å². The number of rotatable bonds is 18. The van der Waals surface area contributed by atoms with Crippen LogP contribution >= 0.6 is 11.6 Å². The molecule has 356 valence electrons. The van der Waals surface area contributed by atoms with Crippen molar-refractivity contribution in [3.05, 3.63) is 82.6 Å². The molecule has 3 aliphatic rings. The molecule has 4 aromatic carbocycles. The largest absolute Gasteiger partial charge is 0.508 e. The molecule has 3 N–H and O–H groups in total. The van der Waals surface area contributed by atoms with Crippen molar-refractivity contribution in [1.29, 1.82) is 0 Å². The Kier molecular flexibility index (Phi) is 14.6. The highest BCUT2D eigenvalue weighted by Gasteiger charge is 2.44. The molecular formula is C48H50ClFN8O10. The number of aromatic hydroxyl groups is 1. The summed E-state index contributed by atoms with van der Waals surface area (Å²) in [5, 5.41) is 17.8. The van der Waals surface area contributed by atoms with E-state index in [1.807, 2.05) is 36.1 Å². The van der Waals surface area contributed by atoms with Crippen LogP contribution in [0.5, 0.6) is 11.5 Å². The molecule has 5 aromatic rings. The Hall–Kier alpha value is -6.96. The smallest absolute Gasteiger partial charge is 0.262 e. The lowest BCUT2D eigenvalue weighted by atomic mass is 9.96. The van der Waals surface area contributed by atoms with E-state index in [-0.39, 0.29) is 110 Å². The zero-order valence-corrected chi connectivity index (χ0v) is 38.3. The fourth-order valence-electron chi connectivity index (χ4n) is 8.52. The van der Waals surface area contributed by atoms with E-state index in [0.29, 0.717) is 72.4 Å². The molecule has 6 amide bonds. The average Bonchev–Trinajstić information content (AvgIpc) is 3.57. The minimum Gasteiger partial charge on any atom is -0.508 e. The van der Waals surface area contributed by atoms with E-state index in [1.54, 1.807) is 30.1 Å². The molecule has 0 radical (unpaired) electrons. The van der Waals surface area contributed by atoms with E-state index in [0.717, 1.165) is 4.90 Å². The molecule has 1 atom stereocenters. The van der Waals surface area contributed by atoms with Gasteiger partial charge in [-0.05, 0) is 59.2 Å². The van der Waals surface area contributed by atoms with Crippen molar-refractivity contribution in [1.82, 2.24) is 30.0 Å². The highest BCUT2D eigenvalue weighted by molar-refractivity contribution is 6.35. The molecule has 2 saturated heterocycles. The summed E-state index contributed by atoms with van der Waals surface area (Å²) < 4.78 is 33.9. The zero-order chi connectivity index (χ0) is 48.1. The number of carbonyl (C=O) groups excluding carboxylic acids is 6. The number of piperidine rings is 1. The summed E-state index contributed by atoms with van der Waals surface area (Å²) >= 11 is 6.87. The maximum atomic E-state index is 16.9. The summed E-state index contributed by atoms with van der Waals surface area (Å²) in [5.74, 6) is -2.34. The van der Waals surface area contributed by atoms with E-state index in [1.165, 1.54) is 23.1 Å². The van der Waals surface area contributed by atoms with Gasteiger partial charge in [0.05, 0.1) is 42.6 Å². The summed E-state index contributed by atoms with van der Waals surface area (Å²) in [6.07, 6.45) is 0.561. The number of amides is 6. The predicted octanol–water partition coefficient (Wildman–Crippen LogP) is 4.78. The Bertz CT molecular complexity index is 2800. The standard InChI is InChI=1S/C48H50ClFN8O10/c1-3-39(61)56-14-16-57(17-15-56)44-35-27-36(49)41(33-25-29(59)24-28-6-4-5-7-31(28)33)42(50)43(35)53-48(54-44)51-13-12-40(62)55(2)18-19-66-20-21-67-22-23-68-30-8-9-32-34(26-30)47(65)58(46(32)64)37-10-11-38(60)52-45(37)63/h4-9,24-27,37,59H,3,10-23H2,1-2H3,(H,51,53,54)(H,52,60,63). The second-order valence-electron chi connectivity index (χ2n) is 16.5. The van der Waals surface area contributed by atoms with Crippen LogP contribution in [0.25, 0.3) is 32.8 Å². The van der Waals surface area contributed by atoms with Gasteiger partial charge >= 0.3 is 0 Å². The highest BCUT2D eigenvalue weighted by atomic mass is 35.5. The normalized spacial score (nSPS) is 16.1. The van der Waals surface area contributed by atoms with Crippen LogP contribution < -0.4 is 20.3 Å². The Morgan fingerprint density at radius 2 is 1.63 bits per heavy atom. The van der Waals surface area contributed by atoms with Crippen molar-refractivity contribution in [2.45, 2.75) is 38.6 Å². The minimum atomic E-state index is -1.05. The monoisotopic (exact) mass is 952 g/mol. The van der Waals surface area contributed by atoms with Gasteiger partial charge in [-0.1, -0.05) is 42.8 Å². The van der Waals surface area contributed by atoms with Gasteiger partial charge in [0.1, 0.15) is 35.5 Å². The SMILES string of the molecule is CCC(=O)N1CCN(c2nc(NCCC(=O)N(C)CCOCCOCCOc3ccc4c(c3)C(=O)N(C3CCC(=O)NC3=O)C4=O)nc3c(F)c(-c4cc(O)cc5ccccc45)c(Cl)cc23)CC1. The first kappa shape index (κ1) is 47.5. The summed E-state index contributed by atoms with van der Waals surface area (Å²) in [4.78, 5) is 91.0. The second-order valence-corrected chi connectivity index (χ2v) is 16.9. The number of benzene rings is 4. The lowest BCUT2D eigenvalue weighted by Gasteiger charge is -2.36. The van der Waals surface area contributed by atoms with Crippen molar-refractivity contribution in [3.63, 3.8) is 0 Å². The number of piperazine rings is 1.